The fourth-order valence-corrected chi connectivity index (χ4v) is 3.39. The van der Waals surface area contributed by atoms with Crippen LogP contribution in [0.25, 0.3) is 0 Å². The molecule has 14 heavy (non-hydrogen) atoms. The zero-order valence-electron chi connectivity index (χ0n) is 9.41. The van der Waals surface area contributed by atoms with E-state index in [1.54, 1.807) is 0 Å². The molecule has 0 N–H and O–H groups in total. The summed E-state index contributed by atoms with van der Waals surface area (Å²) in [5, 5.41) is 0. The van der Waals surface area contributed by atoms with Crippen LogP contribution in [0.15, 0.2) is 0 Å². The fraction of sp³-hybridized carbons (Fsp3) is 1.00. The summed E-state index contributed by atoms with van der Waals surface area (Å²) < 4.78 is 0. The molecule has 1 fully saturated rings. The number of thioether (sulfide) groups is 1. The minimum absolute atomic E-state index is 0.771. The molecule has 1 nitrogen and oxygen atoms in total. The topological polar surface area (TPSA) is 3.24 Å². The van der Waals surface area contributed by atoms with Crippen LogP contribution in [0.1, 0.15) is 26.7 Å². The van der Waals surface area contributed by atoms with Gasteiger partial charge in [0.15, 0.2) is 0 Å². The smallest absolute Gasteiger partial charge is 0.0158 e. The van der Waals surface area contributed by atoms with Gasteiger partial charge in [-0.25, -0.2) is 0 Å². The average Bonchev–Trinajstić information content (AvgIpc) is 2.20. The van der Waals surface area contributed by atoms with E-state index in [9.17, 15) is 0 Å². The highest BCUT2D eigenvalue weighted by Gasteiger charge is 2.20. The van der Waals surface area contributed by atoms with E-state index < -0.39 is 0 Å². The first kappa shape index (κ1) is 12.7. The Morgan fingerprint density at radius 1 is 1.57 bits per heavy atom. The van der Waals surface area contributed by atoms with Crippen LogP contribution in [-0.2, 0) is 0 Å². The molecule has 1 aliphatic heterocycles. The van der Waals surface area contributed by atoms with E-state index in [0.29, 0.717) is 0 Å². The molecule has 0 bridgehead atoms. The summed E-state index contributed by atoms with van der Waals surface area (Å²) in [7, 11) is 0. The van der Waals surface area contributed by atoms with Gasteiger partial charge in [-0.1, -0.05) is 13.3 Å². The molecule has 0 amide bonds. The monoisotopic (exact) mass is 233 g/mol. The van der Waals surface area contributed by atoms with E-state index in [1.165, 1.54) is 37.4 Å². The second-order valence-electron chi connectivity index (χ2n) is 4.26. The Hall–Kier alpha value is 0.660. The molecule has 0 aromatic carbocycles. The third-order valence-electron chi connectivity index (χ3n) is 2.95. The molecule has 0 radical (unpaired) electrons. The maximum Gasteiger partial charge on any atom is 0.0158 e. The quantitative estimate of drug-likeness (QED) is 0.727. The van der Waals surface area contributed by atoms with Crippen molar-refractivity contribution in [3.05, 3.63) is 0 Å². The van der Waals surface area contributed by atoms with Gasteiger partial charge in [0.05, 0.1) is 0 Å². The van der Waals surface area contributed by atoms with E-state index in [-0.39, 0.29) is 0 Å². The van der Waals surface area contributed by atoms with Gasteiger partial charge in [0.25, 0.3) is 0 Å². The van der Waals surface area contributed by atoms with E-state index in [1.807, 2.05) is 0 Å². The minimum atomic E-state index is 0.771. The fourth-order valence-electron chi connectivity index (χ4n) is 2.01. The highest BCUT2D eigenvalue weighted by atomic mass is 32.2. The van der Waals surface area contributed by atoms with Crippen molar-refractivity contribution >= 4 is 24.4 Å². The SMILES string of the molecule is CCCC(CS)CN1CCSCC1C. The zero-order chi connectivity index (χ0) is 10.4. The van der Waals surface area contributed by atoms with Crippen molar-refractivity contribution in [2.45, 2.75) is 32.7 Å². The molecule has 1 rings (SSSR count). The molecule has 0 aromatic heterocycles. The van der Waals surface area contributed by atoms with Gasteiger partial charge in [0.2, 0.25) is 0 Å². The van der Waals surface area contributed by atoms with E-state index in [4.69, 9.17) is 0 Å². The molecule has 2 atom stereocenters. The van der Waals surface area contributed by atoms with Crippen molar-refractivity contribution in [2.75, 3.05) is 30.3 Å². The van der Waals surface area contributed by atoms with Gasteiger partial charge < -0.3 is 0 Å². The molecule has 1 heterocycles. The van der Waals surface area contributed by atoms with Crippen molar-refractivity contribution < 1.29 is 0 Å². The number of nitrogens with zero attached hydrogens (tertiary/aromatic N) is 1. The maximum absolute atomic E-state index is 4.45. The Bertz CT molecular complexity index is 152. The average molecular weight is 233 g/mol. The molecule has 3 heteroatoms. The predicted molar refractivity (Wildman–Crippen MR) is 70.6 cm³/mol. The Kier molecular flexibility index (Phi) is 6.38. The Labute approximate surface area is 98.4 Å². The summed E-state index contributed by atoms with van der Waals surface area (Å²) in [5.41, 5.74) is 0. The van der Waals surface area contributed by atoms with E-state index in [0.717, 1.165) is 17.7 Å². The molecule has 1 saturated heterocycles. The van der Waals surface area contributed by atoms with Crippen LogP contribution in [0, 0.1) is 5.92 Å². The van der Waals surface area contributed by atoms with Crippen LogP contribution in [0.4, 0.5) is 0 Å². The summed E-state index contributed by atoms with van der Waals surface area (Å²) >= 11 is 6.54. The highest BCUT2D eigenvalue weighted by Crippen LogP contribution is 2.19. The molecule has 1 aliphatic rings. The molecule has 0 saturated carbocycles. The molecule has 2 unspecified atom stereocenters. The van der Waals surface area contributed by atoms with Crippen molar-refractivity contribution in [3.8, 4) is 0 Å². The first-order chi connectivity index (χ1) is 6.77. The molecular weight excluding hydrogens is 210 g/mol. The van der Waals surface area contributed by atoms with Gasteiger partial charge in [0.1, 0.15) is 0 Å². The van der Waals surface area contributed by atoms with Crippen LogP contribution in [0.5, 0.6) is 0 Å². The molecule has 0 spiro atoms. The molecule has 0 aromatic rings. The minimum Gasteiger partial charge on any atom is -0.299 e. The molecule has 84 valence electrons. The summed E-state index contributed by atoms with van der Waals surface area (Å²) in [4.78, 5) is 2.65. The highest BCUT2D eigenvalue weighted by molar-refractivity contribution is 7.99. The van der Waals surface area contributed by atoms with E-state index >= 15 is 0 Å². The van der Waals surface area contributed by atoms with Crippen LogP contribution in [0.2, 0.25) is 0 Å². The van der Waals surface area contributed by atoms with Crippen LogP contribution < -0.4 is 0 Å². The Morgan fingerprint density at radius 2 is 2.36 bits per heavy atom. The van der Waals surface area contributed by atoms with Gasteiger partial charge in [0, 0.05) is 30.6 Å². The Balaban J connectivity index is 2.31. The third kappa shape index (κ3) is 4.03. The van der Waals surface area contributed by atoms with Crippen molar-refractivity contribution in [1.82, 2.24) is 4.90 Å². The summed E-state index contributed by atoms with van der Waals surface area (Å²) in [6.45, 7) is 7.17. The lowest BCUT2D eigenvalue weighted by molar-refractivity contribution is 0.199. The maximum atomic E-state index is 4.45. The lowest BCUT2D eigenvalue weighted by atomic mass is 10.0. The van der Waals surface area contributed by atoms with Gasteiger partial charge >= 0.3 is 0 Å². The van der Waals surface area contributed by atoms with Crippen molar-refractivity contribution in [2.24, 2.45) is 5.92 Å². The first-order valence-electron chi connectivity index (χ1n) is 5.70. The lowest BCUT2D eigenvalue weighted by Crippen LogP contribution is -2.43. The van der Waals surface area contributed by atoms with Crippen molar-refractivity contribution in [1.29, 1.82) is 0 Å². The first-order valence-corrected chi connectivity index (χ1v) is 7.49. The number of hydrogen-bond donors (Lipinski definition) is 1. The number of thiol groups is 1. The summed E-state index contributed by atoms with van der Waals surface area (Å²) in [5.74, 6) is 4.47. The van der Waals surface area contributed by atoms with Gasteiger partial charge in [-0.05, 0) is 25.0 Å². The summed E-state index contributed by atoms with van der Waals surface area (Å²) in [6.07, 6.45) is 2.63. The van der Waals surface area contributed by atoms with Crippen LogP contribution in [0.3, 0.4) is 0 Å². The standard InChI is InChI=1S/C11H23NS2/c1-3-4-11(8-13)7-12-5-6-14-9-10(12)2/h10-11,13H,3-9H2,1-2H3. The van der Waals surface area contributed by atoms with Crippen molar-refractivity contribution in [3.63, 3.8) is 0 Å². The number of rotatable bonds is 5. The van der Waals surface area contributed by atoms with E-state index in [2.05, 4.69) is 43.1 Å². The van der Waals surface area contributed by atoms with Gasteiger partial charge in [-0.3, -0.25) is 4.90 Å². The predicted octanol–water partition coefficient (Wildman–Crippen LogP) is 2.77. The lowest BCUT2D eigenvalue weighted by Gasteiger charge is -2.35. The number of hydrogen-bond acceptors (Lipinski definition) is 3. The molecule has 0 aliphatic carbocycles. The zero-order valence-corrected chi connectivity index (χ0v) is 11.1. The second-order valence-corrected chi connectivity index (χ2v) is 5.77. The van der Waals surface area contributed by atoms with Crippen LogP contribution in [-0.4, -0.2) is 41.3 Å². The largest absolute Gasteiger partial charge is 0.299 e. The normalized spacial score (nSPS) is 26.4. The summed E-state index contributed by atoms with van der Waals surface area (Å²) in [6, 6.07) is 0.771. The van der Waals surface area contributed by atoms with Gasteiger partial charge in [-0.15, -0.1) is 0 Å². The van der Waals surface area contributed by atoms with Gasteiger partial charge in [-0.2, -0.15) is 24.4 Å². The second kappa shape index (κ2) is 7.02. The van der Waals surface area contributed by atoms with Crippen LogP contribution >= 0.6 is 24.4 Å². The third-order valence-corrected chi connectivity index (χ3v) is 4.66. The molecular formula is C11H23NS2. The Morgan fingerprint density at radius 3 is 2.93 bits per heavy atom.